The first kappa shape index (κ1) is 13.9. The second-order valence-electron chi connectivity index (χ2n) is 6.62. The van der Waals surface area contributed by atoms with Gasteiger partial charge in [0.15, 0.2) is 11.5 Å². The van der Waals surface area contributed by atoms with Crippen molar-refractivity contribution in [2.75, 3.05) is 13.3 Å². The van der Waals surface area contributed by atoms with Crippen LogP contribution in [0.25, 0.3) is 0 Å². The lowest BCUT2D eigenvalue weighted by Crippen LogP contribution is -2.39. The van der Waals surface area contributed by atoms with E-state index in [1.54, 1.807) is 11.0 Å². The van der Waals surface area contributed by atoms with Gasteiger partial charge in [0.25, 0.3) is 0 Å². The number of nitrogens with zero attached hydrogens (tertiary/aromatic N) is 1. The number of hydrogen-bond acceptors (Lipinski definition) is 5. The van der Waals surface area contributed by atoms with Crippen molar-refractivity contribution in [3.05, 3.63) is 35.9 Å². The summed E-state index contributed by atoms with van der Waals surface area (Å²) >= 11 is 0. The Hall–Kier alpha value is -2.54. The first-order chi connectivity index (χ1) is 11.6. The molecule has 5 rings (SSSR count). The van der Waals surface area contributed by atoms with Crippen LogP contribution in [-0.2, 0) is 20.9 Å². The maximum absolute atomic E-state index is 12.8. The van der Waals surface area contributed by atoms with E-state index in [1.807, 2.05) is 24.3 Å². The molecule has 0 unspecified atom stereocenters. The third-order valence-corrected chi connectivity index (χ3v) is 5.27. The molecule has 124 valence electrons. The van der Waals surface area contributed by atoms with Crippen molar-refractivity contribution in [2.24, 2.45) is 11.8 Å². The number of carbonyl (C=O) groups is 2. The van der Waals surface area contributed by atoms with Gasteiger partial charge in [-0.25, -0.2) is 0 Å². The fourth-order valence-electron chi connectivity index (χ4n) is 4.25. The molecule has 1 amide bonds. The Bertz CT molecular complexity index is 789. The summed E-state index contributed by atoms with van der Waals surface area (Å²) in [6.45, 7) is 0.969. The number of fused-ring (bicyclic) bond motifs is 2. The fraction of sp³-hybridized carbons (Fsp3) is 0.412. The molecule has 1 aromatic carbocycles. The quantitative estimate of drug-likeness (QED) is 0.825. The summed E-state index contributed by atoms with van der Waals surface area (Å²) in [6, 6.07) is 5.55. The Kier molecular flexibility index (Phi) is 2.60. The zero-order valence-corrected chi connectivity index (χ0v) is 12.7. The topological polar surface area (TPSA) is 85.3 Å². The second kappa shape index (κ2) is 4.51. The number of rotatable bonds is 3. The number of carbonyl (C=O) groups excluding carboxylic acids is 1. The van der Waals surface area contributed by atoms with Crippen molar-refractivity contribution in [1.29, 1.82) is 0 Å². The third-order valence-electron chi connectivity index (χ3n) is 5.27. The maximum Gasteiger partial charge on any atom is 0.310 e. The van der Waals surface area contributed by atoms with E-state index in [0.717, 1.165) is 5.56 Å². The molecular weight excluding hydrogens is 314 g/mol. The van der Waals surface area contributed by atoms with Gasteiger partial charge in [-0.15, -0.1) is 0 Å². The lowest BCUT2D eigenvalue weighted by atomic mass is 9.77. The highest BCUT2D eigenvalue weighted by Gasteiger charge is 2.66. The molecule has 2 bridgehead atoms. The van der Waals surface area contributed by atoms with E-state index in [9.17, 15) is 14.7 Å². The molecule has 4 aliphatic heterocycles. The molecule has 1 aromatic rings. The van der Waals surface area contributed by atoms with Crippen LogP contribution in [0.15, 0.2) is 30.4 Å². The van der Waals surface area contributed by atoms with Crippen LogP contribution in [0.2, 0.25) is 0 Å². The molecule has 24 heavy (non-hydrogen) atoms. The Morgan fingerprint density at radius 1 is 1.33 bits per heavy atom. The molecule has 2 saturated heterocycles. The van der Waals surface area contributed by atoms with Crippen LogP contribution in [0.3, 0.4) is 0 Å². The number of aliphatic carboxylic acids is 1. The van der Waals surface area contributed by atoms with E-state index in [0.29, 0.717) is 24.6 Å². The van der Waals surface area contributed by atoms with Gasteiger partial charge >= 0.3 is 5.97 Å². The van der Waals surface area contributed by atoms with E-state index in [2.05, 4.69) is 0 Å². The van der Waals surface area contributed by atoms with Crippen molar-refractivity contribution in [3.63, 3.8) is 0 Å². The Morgan fingerprint density at radius 2 is 2.17 bits per heavy atom. The summed E-state index contributed by atoms with van der Waals surface area (Å²) in [4.78, 5) is 26.0. The number of carboxylic acids is 1. The minimum atomic E-state index is -0.977. The van der Waals surface area contributed by atoms with Gasteiger partial charge in [0.1, 0.15) is 11.5 Å². The summed E-state index contributed by atoms with van der Waals surface area (Å²) in [7, 11) is 0. The van der Waals surface area contributed by atoms with E-state index >= 15 is 0 Å². The predicted molar refractivity (Wildman–Crippen MR) is 79.3 cm³/mol. The molecule has 0 radical (unpaired) electrons. The summed E-state index contributed by atoms with van der Waals surface area (Å²) in [5.41, 5.74) is 0.121. The number of ether oxygens (including phenoxy) is 3. The van der Waals surface area contributed by atoms with E-state index in [-0.39, 0.29) is 12.7 Å². The molecule has 0 saturated carbocycles. The van der Waals surface area contributed by atoms with Gasteiger partial charge in [0, 0.05) is 6.54 Å². The Balaban J connectivity index is 1.42. The minimum Gasteiger partial charge on any atom is -0.481 e. The number of benzene rings is 1. The van der Waals surface area contributed by atoms with Crippen LogP contribution in [-0.4, -0.2) is 46.9 Å². The molecule has 1 N–H and O–H groups in total. The predicted octanol–water partition coefficient (Wildman–Crippen LogP) is 0.782. The fourth-order valence-corrected chi connectivity index (χ4v) is 4.25. The smallest absolute Gasteiger partial charge is 0.310 e. The first-order valence-corrected chi connectivity index (χ1v) is 7.85. The molecule has 4 atom stereocenters. The van der Waals surface area contributed by atoms with Gasteiger partial charge in [-0.2, -0.15) is 0 Å². The van der Waals surface area contributed by atoms with Crippen molar-refractivity contribution >= 4 is 11.9 Å². The maximum atomic E-state index is 12.8. The molecule has 7 heteroatoms. The molecular formula is C17H15NO6. The van der Waals surface area contributed by atoms with Gasteiger partial charge in [-0.05, 0) is 17.7 Å². The van der Waals surface area contributed by atoms with Crippen LogP contribution >= 0.6 is 0 Å². The molecule has 1 spiro atoms. The highest BCUT2D eigenvalue weighted by molar-refractivity contribution is 5.90. The normalized spacial score (nSPS) is 34.9. The molecule has 4 aliphatic rings. The zero-order chi connectivity index (χ0) is 16.5. The number of amides is 1. The highest BCUT2D eigenvalue weighted by Crippen LogP contribution is 2.52. The lowest BCUT2D eigenvalue weighted by molar-refractivity contribution is -0.148. The molecule has 0 aliphatic carbocycles. The summed E-state index contributed by atoms with van der Waals surface area (Å²) in [5.74, 6) is -1.22. The number of hydrogen-bond donors (Lipinski definition) is 1. The largest absolute Gasteiger partial charge is 0.481 e. The zero-order valence-electron chi connectivity index (χ0n) is 12.7. The van der Waals surface area contributed by atoms with Gasteiger partial charge in [-0.3, -0.25) is 9.59 Å². The first-order valence-electron chi connectivity index (χ1n) is 7.85. The number of likely N-dealkylation sites (tertiary alicyclic amines) is 1. The Morgan fingerprint density at radius 3 is 3.00 bits per heavy atom. The van der Waals surface area contributed by atoms with Crippen LogP contribution < -0.4 is 9.47 Å². The SMILES string of the molecule is O=C(O)[C@@H]1[C@H]2C(=O)N(Cc3ccc4c(c3)OCO4)C[C@@]23C=C[C@H]1O3. The lowest BCUT2D eigenvalue weighted by Gasteiger charge is -2.21. The van der Waals surface area contributed by atoms with Gasteiger partial charge < -0.3 is 24.2 Å². The van der Waals surface area contributed by atoms with Crippen molar-refractivity contribution < 1.29 is 28.9 Å². The van der Waals surface area contributed by atoms with Crippen molar-refractivity contribution in [3.8, 4) is 11.5 Å². The molecule has 0 aromatic heterocycles. The summed E-state index contributed by atoms with van der Waals surface area (Å²) in [6.07, 6.45) is 3.13. The summed E-state index contributed by atoms with van der Waals surface area (Å²) in [5, 5.41) is 9.46. The van der Waals surface area contributed by atoms with Crippen molar-refractivity contribution in [2.45, 2.75) is 18.2 Å². The van der Waals surface area contributed by atoms with E-state index in [4.69, 9.17) is 14.2 Å². The van der Waals surface area contributed by atoms with Gasteiger partial charge in [-0.1, -0.05) is 18.2 Å². The average molecular weight is 329 g/mol. The van der Waals surface area contributed by atoms with Gasteiger partial charge in [0.05, 0.1) is 18.6 Å². The van der Waals surface area contributed by atoms with E-state index < -0.39 is 29.5 Å². The third kappa shape index (κ3) is 1.70. The average Bonchev–Trinajstić information content (AvgIpc) is 3.28. The summed E-state index contributed by atoms with van der Waals surface area (Å²) < 4.78 is 16.5. The second-order valence-corrected chi connectivity index (χ2v) is 6.62. The van der Waals surface area contributed by atoms with Crippen LogP contribution in [0.1, 0.15) is 5.56 Å². The Labute approximate surface area is 137 Å². The van der Waals surface area contributed by atoms with Gasteiger partial charge in [0.2, 0.25) is 12.7 Å². The monoisotopic (exact) mass is 329 g/mol. The molecule has 4 heterocycles. The molecule has 7 nitrogen and oxygen atoms in total. The van der Waals surface area contributed by atoms with Crippen LogP contribution in [0.4, 0.5) is 0 Å². The standard InChI is InChI=1S/C17H15NO6/c19-15-14-13(16(20)21)11-3-4-17(14,24-11)7-18(15)6-9-1-2-10-12(5-9)23-8-22-10/h1-5,11,13-14H,6-8H2,(H,20,21)/t11-,13+,14+,17+/m1/s1. The van der Waals surface area contributed by atoms with Crippen LogP contribution in [0, 0.1) is 11.8 Å². The highest BCUT2D eigenvalue weighted by atomic mass is 16.7. The van der Waals surface area contributed by atoms with E-state index in [1.165, 1.54) is 0 Å². The minimum absolute atomic E-state index is 0.160. The number of carboxylic acid groups (broad SMARTS) is 1. The van der Waals surface area contributed by atoms with Crippen LogP contribution in [0.5, 0.6) is 11.5 Å². The molecule has 2 fully saturated rings. The van der Waals surface area contributed by atoms with Crippen molar-refractivity contribution in [1.82, 2.24) is 4.90 Å².